The third-order valence-electron chi connectivity index (χ3n) is 3.29. The highest BCUT2D eigenvalue weighted by atomic mass is 32.2. The molecule has 0 aromatic heterocycles. The van der Waals surface area contributed by atoms with Gasteiger partial charge in [0.25, 0.3) is 0 Å². The van der Waals surface area contributed by atoms with Crippen LogP contribution in [0.4, 0.5) is 4.39 Å². The lowest BCUT2D eigenvalue weighted by atomic mass is 10.1. The van der Waals surface area contributed by atoms with E-state index in [4.69, 9.17) is 0 Å². The molecule has 1 aromatic carbocycles. The van der Waals surface area contributed by atoms with Crippen LogP contribution >= 0.6 is 0 Å². The molecule has 0 fully saturated rings. The molecule has 1 rings (SSSR count). The first-order valence-electron chi connectivity index (χ1n) is 6.24. The Balaban J connectivity index is 2.67. The molecule has 0 spiro atoms. The highest BCUT2D eigenvalue weighted by molar-refractivity contribution is 7.92. The maximum absolute atomic E-state index is 12.7. The molecule has 0 saturated heterocycles. The summed E-state index contributed by atoms with van der Waals surface area (Å²) in [5.74, 6) is -0.842. The third-order valence-corrected chi connectivity index (χ3v) is 5.74. The van der Waals surface area contributed by atoms with Crippen LogP contribution in [0.25, 0.3) is 0 Å². The van der Waals surface area contributed by atoms with Crippen molar-refractivity contribution in [2.45, 2.75) is 32.4 Å². The molecule has 19 heavy (non-hydrogen) atoms. The number of benzene rings is 1. The summed E-state index contributed by atoms with van der Waals surface area (Å²) < 4.78 is 36.6. The molecule has 0 aliphatic carbocycles. The number of hydrogen-bond donors (Lipinski definition) is 0. The van der Waals surface area contributed by atoms with E-state index in [-0.39, 0.29) is 23.9 Å². The molecule has 0 saturated carbocycles. The van der Waals surface area contributed by atoms with Gasteiger partial charge < -0.3 is 0 Å². The predicted molar refractivity (Wildman–Crippen MR) is 73.4 cm³/mol. The van der Waals surface area contributed by atoms with Gasteiger partial charge in [-0.15, -0.1) is 0 Å². The molecule has 0 N–H and O–H groups in total. The lowest BCUT2D eigenvalue weighted by Crippen LogP contribution is -2.27. The molecule has 0 radical (unpaired) electrons. The summed E-state index contributed by atoms with van der Waals surface area (Å²) >= 11 is 0. The van der Waals surface area contributed by atoms with Gasteiger partial charge in [0, 0.05) is 12.0 Å². The second-order valence-corrected chi connectivity index (χ2v) is 7.47. The fourth-order valence-electron chi connectivity index (χ4n) is 1.62. The highest BCUT2D eigenvalue weighted by Gasteiger charge is 2.24. The molecular weight excluding hydrogens is 267 g/mol. The summed E-state index contributed by atoms with van der Waals surface area (Å²) in [6, 6.07) is 5.13. The van der Waals surface area contributed by atoms with Crippen molar-refractivity contribution in [1.29, 1.82) is 0 Å². The van der Waals surface area contributed by atoms with Gasteiger partial charge in [-0.2, -0.15) is 0 Å². The Morgan fingerprint density at radius 1 is 1.16 bits per heavy atom. The van der Waals surface area contributed by atoms with Crippen LogP contribution < -0.4 is 0 Å². The molecule has 1 atom stereocenters. The average molecular weight is 286 g/mol. The van der Waals surface area contributed by atoms with Crippen LogP contribution in [0.3, 0.4) is 0 Å². The quantitative estimate of drug-likeness (QED) is 0.756. The summed E-state index contributed by atoms with van der Waals surface area (Å²) in [7, 11) is -3.27. The van der Waals surface area contributed by atoms with Crippen LogP contribution in [0.5, 0.6) is 0 Å². The van der Waals surface area contributed by atoms with Crippen molar-refractivity contribution in [3.63, 3.8) is 0 Å². The summed E-state index contributed by atoms with van der Waals surface area (Å²) in [4.78, 5) is 11.8. The zero-order valence-corrected chi connectivity index (χ0v) is 12.2. The van der Waals surface area contributed by atoms with Crippen LogP contribution in [0.2, 0.25) is 0 Å². The predicted octanol–water partition coefficient (Wildman–Crippen LogP) is 2.86. The van der Waals surface area contributed by atoms with Gasteiger partial charge in [0.15, 0.2) is 15.6 Å². The first kappa shape index (κ1) is 15.8. The molecule has 0 bridgehead atoms. The van der Waals surface area contributed by atoms with E-state index in [1.165, 1.54) is 24.3 Å². The van der Waals surface area contributed by atoms with Crippen LogP contribution in [-0.4, -0.2) is 25.2 Å². The zero-order valence-electron chi connectivity index (χ0n) is 11.4. The van der Waals surface area contributed by atoms with Gasteiger partial charge in [0.1, 0.15) is 5.82 Å². The molecule has 3 nitrogen and oxygen atoms in total. The van der Waals surface area contributed by atoms with E-state index in [1.807, 2.05) is 13.8 Å². The standard InChI is InChI=1S/C14H19FO3S/c1-10(2)11(3)19(17,18)9-8-14(16)12-4-6-13(15)7-5-12/h4-7,10-11H,8-9H2,1-3H3. The summed E-state index contributed by atoms with van der Waals surface area (Å²) in [5.41, 5.74) is 0.341. The first-order chi connectivity index (χ1) is 8.74. The molecule has 5 heteroatoms. The number of carbonyl (C=O) groups is 1. The molecule has 0 amide bonds. The minimum Gasteiger partial charge on any atom is -0.294 e. The maximum Gasteiger partial charge on any atom is 0.163 e. The van der Waals surface area contributed by atoms with Crippen LogP contribution in [0.15, 0.2) is 24.3 Å². The molecule has 1 aromatic rings. The van der Waals surface area contributed by atoms with Crippen LogP contribution in [0, 0.1) is 11.7 Å². The zero-order chi connectivity index (χ0) is 14.6. The van der Waals surface area contributed by atoms with Crippen molar-refractivity contribution in [3.8, 4) is 0 Å². The van der Waals surface area contributed by atoms with Crippen molar-refractivity contribution in [2.24, 2.45) is 5.92 Å². The van der Waals surface area contributed by atoms with Crippen molar-refractivity contribution in [3.05, 3.63) is 35.6 Å². The Labute approximate surface area is 113 Å². The fourth-order valence-corrected chi connectivity index (χ4v) is 3.29. The van der Waals surface area contributed by atoms with Gasteiger partial charge in [0.05, 0.1) is 11.0 Å². The van der Waals surface area contributed by atoms with E-state index in [2.05, 4.69) is 0 Å². The van der Waals surface area contributed by atoms with E-state index in [9.17, 15) is 17.6 Å². The van der Waals surface area contributed by atoms with Crippen molar-refractivity contribution in [1.82, 2.24) is 0 Å². The van der Waals surface area contributed by atoms with Crippen LogP contribution in [-0.2, 0) is 9.84 Å². The fraction of sp³-hybridized carbons (Fsp3) is 0.500. The summed E-state index contributed by atoms with van der Waals surface area (Å²) in [6.45, 7) is 5.33. The number of sulfone groups is 1. The SMILES string of the molecule is CC(C)C(C)S(=O)(=O)CCC(=O)c1ccc(F)cc1. The Morgan fingerprint density at radius 2 is 1.68 bits per heavy atom. The number of Topliss-reactive ketones (excluding diaryl/α,β-unsaturated/α-hetero) is 1. The van der Waals surface area contributed by atoms with Crippen LogP contribution in [0.1, 0.15) is 37.6 Å². The largest absolute Gasteiger partial charge is 0.294 e. The van der Waals surface area contributed by atoms with Gasteiger partial charge >= 0.3 is 0 Å². The monoisotopic (exact) mass is 286 g/mol. The van der Waals surface area contributed by atoms with Crippen molar-refractivity contribution >= 4 is 15.6 Å². The highest BCUT2D eigenvalue weighted by Crippen LogP contribution is 2.15. The topological polar surface area (TPSA) is 51.2 Å². The van der Waals surface area contributed by atoms with Gasteiger partial charge in [-0.1, -0.05) is 13.8 Å². The number of carbonyl (C=O) groups excluding carboxylic acids is 1. The van der Waals surface area contributed by atoms with E-state index in [0.29, 0.717) is 5.56 Å². The maximum atomic E-state index is 12.7. The van der Waals surface area contributed by atoms with Gasteiger partial charge in [0.2, 0.25) is 0 Å². The van der Waals surface area contributed by atoms with E-state index in [0.717, 1.165) is 0 Å². The Morgan fingerprint density at radius 3 is 2.16 bits per heavy atom. The van der Waals surface area contributed by atoms with Gasteiger partial charge in [-0.3, -0.25) is 4.79 Å². The molecule has 0 aliphatic heterocycles. The average Bonchev–Trinajstić information content (AvgIpc) is 2.35. The minimum atomic E-state index is -3.27. The first-order valence-corrected chi connectivity index (χ1v) is 7.96. The normalized spacial score (nSPS) is 13.5. The number of hydrogen-bond acceptors (Lipinski definition) is 3. The molecular formula is C14H19FO3S. The van der Waals surface area contributed by atoms with E-state index in [1.54, 1.807) is 6.92 Å². The number of ketones is 1. The second-order valence-electron chi connectivity index (χ2n) is 5.00. The minimum absolute atomic E-state index is 0.0194. The van der Waals surface area contributed by atoms with E-state index >= 15 is 0 Å². The lowest BCUT2D eigenvalue weighted by molar-refractivity contribution is 0.0988. The number of halogens is 1. The second kappa shape index (κ2) is 6.28. The van der Waals surface area contributed by atoms with Crippen molar-refractivity contribution < 1.29 is 17.6 Å². The summed E-state index contributed by atoms with van der Waals surface area (Å²) in [6.07, 6.45) is -0.0645. The third kappa shape index (κ3) is 4.42. The Hall–Kier alpha value is -1.23. The molecule has 0 aliphatic rings. The summed E-state index contributed by atoms with van der Waals surface area (Å²) in [5, 5.41) is -0.464. The molecule has 106 valence electrons. The smallest absolute Gasteiger partial charge is 0.163 e. The van der Waals surface area contributed by atoms with Crippen molar-refractivity contribution in [2.75, 3.05) is 5.75 Å². The Bertz CT molecular complexity index is 532. The van der Waals surface area contributed by atoms with Gasteiger partial charge in [-0.25, -0.2) is 12.8 Å². The Kier molecular flexibility index (Phi) is 5.23. The number of rotatable bonds is 6. The molecule has 1 unspecified atom stereocenters. The van der Waals surface area contributed by atoms with E-state index < -0.39 is 20.9 Å². The molecule has 0 heterocycles. The lowest BCUT2D eigenvalue weighted by Gasteiger charge is -2.15. The van der Waals surface area contributed by atoms with Gasteiger partial charge in [-0.05, 0) is 37.1 Å².